The van der Waals surface area contributed by atoms with Crippen molar-refractivity contribution in [3.8, 4) is 0 Å². The van der Waals surface area contributed by atoms with E-state index in [-0.39, 0.29) is 36.5 Å². The predicted molar refractivity (Wildman–Crippen MR) is 85.6 cm³/mol. The van der Waals surface area contributed by atoms with E-state index < -0.39 is 5.97 Å². The Morgan fingerprint density at radius 3 is 2.64 bits per heavy atom. The lowest BCUT2D eigenvalue weighted by atomic mass is 9.69. The molecular weight excluding hydrogens is 280 g/mol. The largest absolute Gasteiger partial charge is 0.480 e. The fraction of sp³-hybridized carbons (Fsp3) is 0.882. The number of fused-ring (bicyclic) bond motifs is 1. The lowest BCUT2D eigenvalue weighted by Gasteiger charge is -2.50. The van der Waals surface area contributed by atoms with Crippen LogP contribution in [0.1, 0.15) is 59.3 Å². The smallest absolute Gasteiger partial charge is 0.317 e. The van der Waals surface area contributed by atoms with Crippen LogP contribution >= 0.6 is 0 Å². The number of nitrogens with zero attached hydrogens (tertiary/aromatic N) is 1. The fourth-order valence-corrected chi connectivity index (χ4v) is 4.21. The topological polar surface area (TPSA) is 69.6 Å². The van der Waals surface area contributed by atoms with E-state index in [1.54, 1.807) is 0 Å². The zero-order valence-corrected chi connectivity index (χ0v) is 14.0. The molecule has 1 saturated carbocycles. The van der Waals surface area contributed by atoms with Gasteiger partial charge >= 0.3 is 5.97 Å². The van der Waals surface area contributed by atoms with Gasteiger partial charge < -0.3 is 10.4 Å². The van der Waals surface area contributed by atoms with Crippen LogP contribution in [0.15, 0.2) is 0 Å². The van der Waals surface area contributed by atoms with Crippen LogP contribution < -0.4 is 5.32 Å². The Balaban J connectivity index is 2.13. The molecule has 0 aromatic carbocycles. The number of carbonyl (C=O) groups is 2. The first-order valence-corrected chi connectivity index (χ1v) is 8.72. The number of carboxylic acid groups (broad SMARTS) is 1. The maximum absolute atomic E-state index is 12.7. The second kappa shape index (κ2) is 7.44. The highest BCUT2D eigenvalue weighted by atomic mass is 16.4. The lowest BCUT2D eigenvalue weighted by molar-refractivity contribution is -0.144. The van der Waals surface area contributed by atoms with Crippen molar-refractivity contribution in [1.29, 1.82) is 0 Å². The predicted octanol–water partition coefficient (Wildman–Crippen LogP) is 2.25. The molecule has 2 fully saturated rings. The Morgan fingerprint density at radius 1 is 1.32 bits per heavy atom. The van der Waals surface area contributed by atoms with Gasteiger partial charge in [-0.25, -0.2) is 0 Å². The summed E-state index contributed by atoms with van der Waals surface area (Å²) >= 11 is 0. The molecular formula is C17H30N2O3. The number of rotatable bonds is 5. The van der Waals surface area contributed by atoms with Gasteiger partial charge in [0.15, 0.2) is 0 Å². The third-order valence-corrected chi connectivity index (χ3v) is 5.54. The molecule has 1 aliphatic heterocycles. The van der Waals surface area contributed by atoms with Crippen molar-refractivity contribution >= 4 is 11.9 Å². The minimum Gasteiger partial charge on any atom is -0.480 e. The van der Waals surface area contributed by atoms with Gasteiger partial charge in [-0.1, -0.05) is 19.8 Å². The molecule has 22 heavy (non-hydrogen) atoms. The van der Waals surface area contributed by atoms with Crippen LogP contribution in [0.2, 0.25) is 0 Å². The zero-order chi connectivity index (χ0) is 16.3. The van der Waals surface area contributed by atoms with Crippen molar-refractivity contribution in [2.24, 2.45) is 11.8 Å². The third-order valence-electron chi connectivity index (χ3n) is 5.54. The quantitative estimate of drug-likeness (QED) is 0.817. The van der Waals surface area contributed by atoms with Crippen LogP contribution in [-0.2, 0) is 9.59 Å². The van der Waals surface area contributed by atoms with E-state index in [1.165, 1.54) is 0 Å². The first-order valence-electron chi connectivity index (χ1n) is 8.72. The van der Waals surface area contributed by atoms with E-state index in [0.29, 0.717) is 5.92 Å². The average Bonchev–Trinajstić information content (AvgIpc) is 2.49. The molecule has 1 heterocycles. The maximum Gasteiger partial charge on any atom is 0.317 e. The Bertz CT molecular complexity index is 413. The van der Waals surface area contributed by atoms with E-state index in [0.717, 1.165) is 38.5 Å². The summed E-state index contributed by atoms with van der Waals surface area (Å²) in [4.78, 5) is 25.9. The first kappa shape index (κ1) is 17.3. The number of aliphatic carboxylic acids is 1. The summed E-state index contributed by atoms with van der Waals surface area (Å²) in [6.45, 7) is 6.28. The molecule has 5 atom stereocenters. The molecule has 5 heteroatoms. The molecule has 5 nitrogen and oxygen atoms in total. The average molecular weight is 310 g/mol. The molecule has 126 valence electrons. The minimum absolute atomic E-state index is 0.0411. The van der Waals surface area contributed by atoms with Crippen LogP contribution in [-0.4, -0.2) is 46.6 Å². The maximum atomic E-state index is 12.7. The van der Waals surface area contributed by atoms with Crippen molar-refractivity contribution < 1.29 is 14.7 Å². The van der Waals surface area contributed by atoms with Gasteiger partial charge in [-0.2, -0.15) is 0 Å². The summed E-state index contributed by atoms with van der Waals surface area (Å²) in [6, 6.07) is 0.617. The van der Waals surface area contributed by atoms with Gasteiger partial charge in [-0.05, 0) is 45.4 Å². The van der Waals surface area contributed by atoms with Gasteiger partial charge in [-0.15, -0.1) is 0 Å². The normalized spacial score (nSPS) is 33.8. The second-order valence-corrected chi connectivity index (χ2v) is 7.09. The van der Waals surface area contributed by atoms with Gasteiger partial charge in [0.25, 0.3) is 0 Å². The Morgan fingerprint density at radius 2 is 2.00 bits per heavy atom. The van der Waals surface area contributed by atoms with Gasteiger partial charge in [0.1, 0.15) is 0 Å². The lowest BCUT2D eigenvalue weighted by Crippen LogP contribution is -2.58. The highest BCUT2D eigenvalue weighted by Crippen LogP contribution is 2.41. The molecule has 0 bridgehead atoms. The molecule has 2 N–H and O–H groups in total. The van der Waals surface area contributed by atoms with Gasteiger partial charge in [0.2, 0.25) is 5.91 Å². The number of carboxylic acids is 1. The molecule has 1 amide bonds. The summed E-state index contributed by atoms with van der Waals surface area (Å²) in [5, 5.41) is 12.3. The van der Waals surface area contributed by atoms with Crippen LogP contribution in [0, 0.1) is 11.8 Å². The number of hydrogen-bond donors (Lipinski definition) is 2. The van der Waals surface area contributed by atoms with Crippen LogP contribution in [0.3, 0.4) is 0 Å². The zero-order valence-electron chi connectivity index (χ0n) is 14.0. The molecule has 0 aromatic heterocycles. The third kappa shape index (κ3) is 3.80. The van der Waals surface area contributed by atoms with E-state index >= 15 is 0 Å². The molecule has 0 aromatic rings. The van der Waals surface area contributed by atoms with E-state index in [4.69, 9.17) is 0 Å². The minimum atomic E-state index is -0.765. The van der Waals surface area contributed by atoms with E-state index in [1.807, 2.05) is 6.92 Å². The SMILES string of the molecule is CCC(C)NC(=O)C1CC(C)N(CC(=O)O)C2CCCCC12. The highest BCUT2D eigenvalue weighted by Gasteiger charge is 2.45. The first-order chi connectivity index (χ1) is 10.4. The Hall–Kier alpha value is -1.10. The summed E-state index contributed by atoms with van der Waals surface area (Å²) in [5.74, 6) is -0.237. The number of likely N-dealkylation sites (tertiary alicyclic amines) is 1. The summed E-state index contributed by atoms with van der Waals surface area (Å²) in [7, 11) is 0. The van der Waals surface area contributed by atoms with Gasteiger partial charge in [0.05, 0.1) is 6.54 Å². The van der Waals surface area contributed by atoms with E-state index in [2.05, 4.69) is 24.1 Å². The van der Waals surface area contributed by atoms with E-state index in [9.17, 15) is 14.7 Å². The number of nitrogens with one attached hydrogen (secondary N) is 1. The summed E-state index contributed by atoms with van der Waals surface area (Å²) < 4.78 is 0. The number of hydrogen-bond acceptors (Lipinski definition) is 3. The summed E-state index contributed by atoms with van der Waals surface area (Å²) in [5.41, 5.74) is 0. The molecule has 2 aliphatic rings. The van der Waals surface area contributed by atoms with Crippen molar-refractivity contribution in [1.82, 2.24) is 10.2 Å². The van der Waals surface area contributed by atoms with Crippen molar-refractivity contribution in [3.63, 3.8) is 0 Å². The number of amides is 1. The standard InChI is InChI=1S/C17H30N2O3/c1-4-11(2)18-17(22)14-9-12(3)19(10-16(20)21)15-8-6-5-7-13(14)15/h11-15H,4-10H2,1-3H3,(H,18,22)(H,20,21). The molecule has 0 radical (unpaired) electrons. The molecule has 0 spiro atoms. The summed E-state index contributed by atoms with van der Waals surface area (Å²) in [6.07, 6.45) is 6.08. The van der Waals surface area contributed by atoms with Crippen molar-refractivity contribution in [2.45, 2.75) is 77.4 Å². The van der Waals surface area contributed by atoms with Crippen LogP contribution in [0.25, 0.3) is 0 Å². The monoisotopic (exact) mass is 310 g/mol. The van der Waals surface area contributed by atoms with Crippen LogP contribution in [0.4, 0.5) is 0 Å². The fourth-order valence-electron chi connectivity index (χ4n) is 4.21. The number of piperidine rings is 1. The molecule has 1 saturated heterocycles. The van der Waals surface area contributed by atoms with Crippen LogP contribution in [0.5, 0.6) is 0 Å². The van der Waals surface area contributed by atoms with Crippen molar-refractivity contribution in [3.05, 3.63) is 0 Å². The Kier molecular flexibility index (Phi) is 5.84. The van der Waals surface area contributed by atoms with Gasteiger partial charge in [-0.3, -0.25) is 14.5 Å². The molecule has 1 aliphatic carbocycles. The van der Waals surface area contributed by atoms with Crippen molar-refractivity contribution in [2.75, 3.05) is 6.54 Å². The number of carbonyl (C=O) groups excluding carboxylic acids is 1. The highest BCUT2D eigenvalue weighted by molar-refractivity contribution is 5.79. The van der Waals surface area contributed by atoms with Gasteiger partial charge in [0, 0.05) is 24.0 Å². The molecule has 2 rings (SSSR count). The Labute approximate surface area is 133 Å². The molecule has 5 unspecified atom stereocenters. The second-order valence-electron chi connectivity index (χ2n) is 7.09.